The summed E-state index contributed by atoms with van der Waals surface area (Å²) < 4.78 is 0. The Labute approximate surface area is 118 Å². The summed E-state index contributed by atoms with van der Waals surface area (Å²) >= 11 is 0. The van der Waals surface area contributed by atoms with E-state index in [-0.39, 0.29) is 5.91 Å². The van der Waals surface area contributed by atoms with Crippen molar-refractivity contribution in [1.29, 1.82) is 0 Å². The minimum Gasteiger partial charge on any atom is -0.361 e. The molecule has 1 heterocycles. The monoisotopic (exact) mass is 268 g/mol. The summed E-state index contributed by atoms with van der Waals surface area (Å²) in [7, 11) is 0. The SMILES string of the molecule is O=C(NCC(C1CC1)C1CC1)c1ccc2[nH]ccc2c1. The topological polar surface area (TPSA) is 44.9 Å². The summed E-state index contributed by atoms with van der Waals surface area (Å²) in [5, 5.41) is 4.25. The quantitative estimate of drug-likeness (QED) is 0.858. The van der Waals surface area contributed by atoms with Crippen LogP contribution in [0.25, 0.3) is 10.9 Å². The van der Waals surface area contributed by atoms with E-state index in [0.717, 1.165) is 40.8 Å². The van der Waals surface area contributed by atoms with Gasteiger partial charge in [0.25, 0.3) is 5.91 Å². The fourth-order valence-corrected chi connectivity index (χ4v) is 3.27. The zero-order valence-electron chi connectivity index (χ0n) is 11.6. The Morgan fingerprint density at radius 2 is 1.95 bits per heavy atom. The normalized spacial score (nSPS) is 18.6. The van der Waals surface area contributed by atoms with Gasteiger partial charge in [-0.15, -0.1) is 0 Å². The molecule has 0 aliphatic heterocycles. The van der Waals surface area contributed by atoms with Gasteiger partial charge >= 0.3 is 0 Å². The molecular weight excluding hydrogens is 248 g/mol. The van der Waals surface area contributed by atoms with E-state index in [1.165, 1.54) is 25.7 Å². The number of carbonyl (C=O) groups excluding carboxylic acids is 1. The molecule has 3 heteroatoms. The Bertz CT molecular complexity index is 625. The first-order valence-corrected chi connectivity index (χ1v) is 7.66. The number of H-pyrrole nitrogens is 1. The van der Waals surface area contributed by atoms with E-state index < -0.39 is 0 Å². The van der Waals surface area contributed by atoms with Crippen molar-refractivity contribution in [3.8, 4) is 0 Å². The molecule has 2 aromatic rings. The van der Waals surface area contributed by atoms with E-state index in [9.17, 15) is 4.79 Å². The lowest BCUT2D eigenvalue weighted by Crippen LogP contribution is -2.31. The lowest BCUT2D eigenvalue weighted by atomic mass is 9.98. The number of carbonyl (C=O) groups is 1. The summed E-state index contributed by atoms with van der Waals surface area (Å²) in [6, 6.07) is 7.84. The Kier molecular flexibility index (Phi) is 2.79. The van der Waals surface area contributed by atoms with Gasteiger partial charge in [0.15, 0.2) is 0 Å². The van der Waals surface area contributed by atoms with Gasteiger partial charge < -0.3 is 10.3 Å². The van der Waals surface area contributed by atoms with Crippen LogP contribution in [0.4, 0.5) is 0 Å². The minimum atomic E-state index is 0.0689. The molecule has 3 nitrogen and oxygen atoms in total. The third kappa shape index (κ3) is 2.33. The second-order valence-corrected chi connectivity index (χ2v) is 6.33. The maximum Gasteiger partial charge on any atom is 0.251 e. The Hall–Kier alpha value is -1.77. The van der Waals surface area contributed by atoms with Crippen LogP contribution >= 0.6 is 0 Å². The maximum atomic E-state index is 12.3. The van der Waals surface area contributed by atoms with Crippen molar-refractivity contribution in [2.24, 2.45) is 17.8 Å². The molecule has 0 radical (unpaired) electrons. The zero-order chi connectivity index (χ0) is 13.5. The van der Waals surface area contributed by atoms with Crippen molar-refractivity contribution in [3.05, 3.63) is 36.0 Å². The zero-order valence-corrected chi connectivity index (χ0v) is 11.6. The Balaban J connectivity index is 1.43. The minimum absolute atomic E-state index is 0.0689. The van der Waals surface area contributed by atoms with E-state index in [0.29, 0.717) is 0 Å². The van der Waals surface area contributed by atoms with Crippen LogP contribution in [0.15, 0.2) is 30.5 Å². The van der Waals surface area contributed by atoms with Crippen molar-refractivity contribution in [2.75, 3.05) is 6.54 Å². The molecule has 4 rings (SSSR count). The number of fused-ring (bicyclic) bond motifs is 1. The third-order valence-corrected chi connectivity index (χ3v) is 4.77. The lowest BCUT2D eigenvalue weighted by Gasteiger charge is -2.16. The van der Waals surface area contributed by atoms with Crippen LogP contribution in [0.1, 0.15) is 36.0 Å². The van der Waals surface area contributed by atoms with Crippen molar-refractivity contribution < 1.29 is 4.79 Å². The summed E-state index contributed by atoms with van der Waals surface area (Å²) in [4.78, 5) is 15.4. The summed E-state index contributed by atoms with van der Waals surface area (Å²) in [6.07, 6.45) is 7.37. The van der Waals surface area contributed by atoms with Crippen molar-refractivity contribution in [1.82, 2.24) is 10.3 Å². The molecule has 2 saturated carbocycles. The molecule has 2 aliphatic rings. The molecular formula is C17H20N2O. The molecule has 2 N–H and O–H groups in total. The second-order valence-electron chi connectivity index (χ2n) is 6.33. The average Bonchev–Trinajstić information content (AvgIpc) is 3.38. The molecule has 0 saturated heterocycles. The van der Waals surface area contributed by atoms with Gasteiger partial charge in [-0.25, -0.2) is 0 Å². The average molecular weight is 268 g/mol. The van der Waals surface area contributed by atoms with Gasteiger partial charge in [0.2, 0.25) is 0 Å². The van der Waals surface area contributed by atoms with Crippen molar-refractivity contribution >= 4 is 16.8 Å². The predicted octanol–water partition coefficient (Wildman–Crippen LogP) is 3.33. The fraction of sp³-hybridized carbons (Fsp3) is 0.471. The molecule has 2 aliphatic carbocycles. The van der Waals surface area contributed by atoms with Crippen LogP contribution in [0.3, 0.4) is 0 Å². The second kappa shape index (κ2) is 4.65. The molecule has 0 spiro atoms. The van der Waals surface area contributed by atoms with Crippen molar-refractivity contribution in [2.45, 2.75) is 25.7 Å². The van der Waals surface area contributed by atoms with E-state index in [1.54, 1.807) is 0 Å². The highest BCUT2D eigenvalue weighted by Crippen LogP contribution is 2.48. The Morgan fingerprint density at radius 1 is 1.20 bits per heavy atom. The molecule has 104 valence electrons. The molecule has 1 aromatic carbocycles. The van der Waals surface area contributed by atoms with E-state index in [2.05, 4.69) is 10.3 Å². The molecule has 1 amide bonds. The number of amides is 1. The van der Waals surface area contributed by atoms with Gasteiger partial charge in [0.05, 0.1) is 0 Å². The van der Waals surface area contributed by atoms with Crippen LogP contribution in [0.2, 0.25) is 0 Å². The van der Waals surface area contributed by atoms with E-state index >= 15 is 0 Å². The summed E-state index contributed by atoms with van der Waals surface area (Å²) in [5.41, 5.74) is 1.85. The fourth-order valence-electron chi connectivity index (χ4n) is 3.27. The van der Waals surface area contributed by atoms with Crippen LogP contribution in [-0.2, 0) is 0 Å². The predicted molar refractivity (Wildman–Crippen MR) is 79.6 cm³/mol. The highest BCUT2D eigenvalue weighted by atomic mass is 16.1. The van der Waals surface area contributed by atoms with Gasteiger partial charge in [0.1, 0.15) is 0 Å². The van der Waals surface area contributed by atoms with Crippen molar-refractivity contribution in [3.63, 3.8) is 0 Å². The first-order valence-electron chi connectivity index (χ1n) is 7.66. The van der Waals surface area contributed by atoms with Gasteiger partial charge in [-0.1, -0.05) is 0 Å². The largest absolute Gasteiger partial charge is 0.361 e. The number of aromatic nitrogens is 1. The van der Waals surface area contributed by atoms with Gasteiger partial charge in [-0.05, 0) is 67.7 Å². The third-order valence-electron chi connectivity index (χ3n) is 4.77. The first-order chi connectivity index (χ1) is 9.81. The number of hydrogen-bond acceptors (Lipinski definition) is 1. The van der Waals surface area contributed by atoms with Crippen LogP contribution in [0, 0.1) is 17.8 Å². The number of aromatic amines is 1. The van der Waals surface area contributed by atoms with E-state index in [4.69, 9.17) is 0 Å². The number of benzene rings is 1. The molecule has 2 fully saturated rings. The van der Waals surface area contributed by atoms with Crippen LogP contribution < -0.4 is 5.32 Å². The molecule has 1 aromatic heterocycles. The lowest BCUT2D eigenvalue weighted by molar-refractivity contribution is 0.0943. The first kappa shape index (κ1) is 12.0. The highest BCUT2D eigenvalue weighted by Gasteiger charge is 2.41. The van der Waals surface area contributed by atoms with Crippen LogP contribution in [0.5, 0.6) is 0 Å². The smallest absolute Gasteiger partial charge is 0.251 e. The summed E-state index contributed by atoms with van der Waals surface area (Å²) in [5.74, 6) is 2.57. The van der Waals surface area contributed by atoms with Gasteiger partial charge in [-0.3, -0.25) is 4.79 Å². The summed E-state index contributed by atoms with van der Waals surface area (Å²) in [6.45, 7) is 0.860. The molecule has 0 atom stereocenters. The molecule has 20 heavy (non-hydrogen) atoms. The van der Waals surface area contributed by atoms with E-state index in [1.807, 2.05) is 30.5 Å². The molecule has 0 unspecified atom stereocenters. The maximum absolute atomic E-state index is 12.3. The van der Waals surface area contributed by atoms with Gasteiger partial charge in [-0.2, -0.15) is 0 Å². The number of nitrogens with one attached hydrogen (secondary N) is 2. The highest BCUT2D eigenvalue weighted by molar-refractivity contribution is 5.98. The standard InChI is InChI=1S/C17H20N2O/c20-17(14-5-6-16-13(9-14)7-8-18-16)19-10-15(11-1-2-11)12-3-4-12/h5-9,11-12,15,18H,1-4,10H2,(H,19,20). The van der Waals surface area contributed by atoms with Gasteiger partial charge in [0, 0.05) is 29.2 Å². The molecule has 0 bridgehead atoms. The number of hydrogen-bond donors (Lipinski definition) is 2. The van der Waals surface area contributed by atoms with Crippen LogP contribution in [-0.4, -0.2) is 17.4 Å². The number of rotatable bonds is 5. The Morgan fingerprint density at radius 3 is 2.65 bits per heavy atom.